The first-order valence-electron chi connectivity index (χ1n) is 5.13. The van der Waals surface area contributed by atoms with E-state index < -0.39 is 0 Å². The molecule has 2 aromatic carbocycles. The Morgan fingerprint density at radius 1 is 1.06 bits per heavy atom. The van der Waals surface area contributed by atoms with Crippen LogP contribution < -0.4 is 0 Å². The number of nitro groups is 1. The van der Waals surface area contributed by atoms with Gasteiger partial charge in [-0.05, 0) is 29.7 Å². The van der Waals surface area contributed by atoms with Gasteiger partial charge in [-0.1, -0.05) is 40.2 Å². The van der Waals surface area contributed by atoms with Crippen LogP contribution in [0.2, 0.25) is 0 Å². The molecule has 0 bridgehead atoms. The lowest BCUT2D eigenvalue weighted by Crippen LogP contribution is -1.92. The van der Waals surface area contributed by atoms with Gasteiger partial charge in [-0.2, -0.15) is 0 Å². The molecule has 0 aliphatic rings. The van der Waals surface area contributed by atoms with E-state index in [1.165, 1.54) is 6.07 Å². The standard InChI is InChI=1S/C13H10BrNO2/c14-12-5-1-3-10(8-12)7-11-4-2-6-13(9-11)15(16)17/h1-6,8-9H,7H2. The van der Waals surface area contributed by atoms with Gasteiger partial charge in [0.1, 0.15) is 0 Å². The summed E-state index contributed by atoms with van der Waals surface area (Å²) in [6.45, 7) is 0. The van der Waals surface area contributed by atoms with E-state index in [1.807, 2.05) is 30.3 Å². The van der Waals surface area contributed by atoms with Gasteiger partial charge in [-0.3, -0.25) is 10.1 Å². The highest BCUT2D eigenvalue weighted by molar-refractivity contribution is 9.10. The van der Waals surface area contributed by atoms with Gasteiger partial charge < -0.3 is 0 Å². The molecule has 0 heterocycles. The molecule has 0 aliphatic heterocycles. The molecule has 0 amide bonds. The molecule has 0 aromatic heterocycles. The van der Waals surface area contributed by atoms with E-state index >= 15 is 0 Å². The molecule has 17 heavy (non-hydrogen) atoms. The SMILES string of the molecule is O=[N+]([O-])c1cccc(Cc2cccc(Br)c2)c1. The van der Waals surface area contributed by atoms with Crippen LogP contribution in [0.5, 0.6) is 0 Å². The second-order valence-electron chi connectivity index (χ2n) is 3.73. The van der Waals surface area contributed by atoms with Crippen molar-refractivity contribution >= 4 is 21.6 Å². The first-order valence-corrected chi connectivity index (χ1v) is 5.92. The topological polar surface area (TPSA) is 43.1 Å². The Balaban J connectivity index is 2.24. The molecule has 3 nitrogen and oxygen atoms in total. The number of non-ortho nitro benzene ring substituents is 1. The fourth-order valence-corrected chi connectivity index (χ4v) is 2.11. The molecule has 86 valence electrons. The molecular weight excluding hydrogens is 282 g/mol. The van der Waals surface area contributed by atoms with Crippen LogP contribution >= 0.6 is 15.9 Å². The highest BCUT2D eigenvalue weighted by Crippen LogP contribution is 2.18. The van der Waals surface area contributed by atoms with Gasteiger partial charge >= 0.3 is 0 Å². The van der Waals surface area contributed by atoms with E-state index in [1.54, 1.807) is 12.1 Å². The molecule has 2 rings (SSSR count). The van der Waals surface area contributed by atoms with Crippen molar-refractivity contribution in [2.45, 2.75) is 6.42 Å². The third-order valence-electron chi connectivity index (χ3n) is 2.42. The van der Waals surface area contributed by atoms with Crippen LogP contribution in [-0.4, -0.2) is 4.92 Å². The number of hydrogen-bond acceptors (Lipinski definition) is 2. The Kier molecular flexibility index (Phi) is 3.54. The van der Waals surface area contributed by atoms with Crippen LogP contribution in [0.4, 0.5) is 5.69 Å². The van der Waals surface area contributed by atoms with Gasteiger partial charge in [0.15, 0.2) is 0 Å². The Bertz CT molecular complexity index is 555. The van der Waals surface area contributed by atoms with Gasteiger partial charge in [-0.25, -0.2) is 0 Å². The van der Waals surface area contributed by atoms with Crippen LogP contribution in [0.3, 0.4) is 0 Å². The number of benzene rings is 2. The Labute approximate surface area is 107 Å². The van der Waals surface area contributed by atoms with Gasteiger partial charge in [0.05, 0.1) is 4.92 Å². The third kappa shape index (κ3) is 3.14. The van der Waals surface area contributed by atoms with Crippen molar-refractivity contribution in [2.24, 2.45) is 0 Å². The highest BCUT2D eigenvalue weighted by Gasteiger charge is 2.06. The van der Waals surface area contributed by atoms with E-state index in [4.69, 9.17) is 0 Å². The lowest BCUT2D eigenvalue weighted by molar-refractivity contribution is -0.384. The number of rotatable bonds is 3. The van der Waals surface area contributed by atoms with Crippen LogP contribution in [-0.2, 0) is 6.42 Å². The Morgan fingerprint density at radius 3 is 2.35 bits per heavy atom. The summed E-state index contributed by atoms with van der Waals surface area (Å²) < 4.78 is 1.01. The summed E-state index contributed by atoms with van der Waals surface area (Å²) in [6.07, 6.45) is 0.696. The fraction of sp³-hybridized carbons (Fsp3) is 0.0769. The molecule has 0 radical (unpaired) electrons. The Hall–Kier alpha value is -1.68. The summed E-state index contributed by atoms with van der Waals surface area (Å²) in [5.74, 6) is 0. The largest absolute Gasteiger partial charge is 0.269 e. The number of halogens is 1. The van der Waals surface area contributed by atoms with Crippen LogP contribution in [0.25, 0.3) is 0 Å². The maximum absolute atomic E-state index is 10.7. The average Bonchev–Trinajstić information content (AvgIpc) is 2.29. The molecule has 2 aromatic rings. The predicted molar refractivity (Wildman–Crippen MR) is 70.0 cm³/mol. The average molecular weight is 292 g/mol. The first kappa shape index (κ1) is 11.8. The van der Waals surface area contributed by atoms with Crippen molar-refractivity contribution in [2.75, 3.05) is 0 Å². The molecular formula is C13H10BrNO2. The van der Waals surface area contributed by atoms with Gasteiger partial charge in [0, 0.05) is 16.6 Å². The van der Waals surface area contributed by atoms with E-state index in [0.717, 1.165) is 15.6 Å². The third-order valence-corrected chi connectivity index (χ3v) is 2.91. The maximum atomic E-state index is 10.7. The second-order valence-corrected chi connectivity index (χ2v) is 4.65. The molecule has 0 saturated heterocycles. The predicted octanol–water partition coefficient (Wildman–Crippen LogP) is 3.95. The van der Waals surface area contributed by atoms with Crippen molar-refractivity contribution < 1.29 is 4.92 Å². The monoisotopic (exact) mass is 291 g/mol. The zero-order valence-corrected chi connectivity index (χ0v) is 10.6. The van der Waals surface area contributed by atoms with Gasteiger partial charge in [0.25, 0.3) is 5.69 Å². The van der Waals surface area contributed by atoms with Crippen LogP contribution in [0.1, 0.15) is 11.1 Å². The molecule has 0 spiro atoms. The van der Waals surface area contributed by atoms with Crippen molar-refractivity contribution in [1.29, 1.82) is 0 Å². The smallest absolute Gasteiger partial charge is 0.258 e. The molecule has 0 N–H and O–H groups in total. The van der Waals surface area contributed by atoms with Crippen molar-refractivity contribution in [3.63, 3.8) is 0 Å². The van der Waals surface area contributed by atoms with Gasteiger partial charge in [0.2, 0.25) is 0 Å². The Morgan fingerprint density at radius 2 is 1.71 bits per heavy atom. The lowest BCUT2D eigenvalue weighted by atomic mass is 10.0. The highest BCUT2D eigenvalue weighted by atomic mass is 79.9. The molecule has 0 saturated carbocycles. The summed E-state index contributed by atoms with van der Waals surface area (Å²) in [5.41, 5.74) is 2.20. The first-order chi connectivity index (χ1) is 8.15. The fourth-order valence-electron chi connectivity index (χ4n) is 1.66. The maximum Gasteiger partial charge on any atom is 0.269 e. The minimum Gasteiger partial charge on any atom is -0.258 e. The quantitative estimate of drug-likeness (QED) is 0.635. The van der Waals surface area contributed by atoms with Crippen molar-refractivity contribution in [1.82, 2.24) is 0 Å². The van der Waals surface area contributed by atoms with Crippen LogP contribution in [0.15, 0.2) is 53.0 Å². The van der Waals surface area contributed by atoms with Crippen molar-refractivity contribution in [3.05, 3.63) is 74.2 Å². The molecule has 0 aliphatic carbocycles. The van der Waals surface area contributed by atoms with E-state index in [-0.39, 0.29) is 10.6 Å². The summed E-state index contributed by atoms with van der Waals surface area (Å²) >= 11 is 3.40. The molecule has 0 unspecified atom stereocenters. The normalized spacial score (nSPS) is 10.2. The summed E-state index contributed by atoms with van der Waals surface area (Å²) in [7, 11) is 0. The van der Waals surface area contributed by atoms with E-state index in [0.29, 0.717) is 6.42 Å². The number of hydrogen-bond donors (Lipinski definition) is 0. The summed E-state index contributed by atoms with van der Waals surface area (Å²) in [6, 6.07) is 14.7. The number of nitro benzene ring substituents is 1. The summed E-state index contributed by atoms with van der Waals surface area (Å²) in [4.78, 5) is 10.3. The van der Waals surface area contributed by atoms with Crippen LogP contribution in [0, 0.1) is 10.1 Å². The van der Waals surface area contributed by atoms with Gasteiger partial charge in [-0.15, -0.1) is 0 Å². The minimum absolute atomic E-state index is 0.137. The van der Waals surface area contributed by atoms with E-state index in [2.05, 4.69) is 15.9 Å². The molecule has 0 fully saturated rings. The second kappa shape index (κ2) is 5.10. The minimum atomic E-state index is -0.371. The zero-order chi connectivity index (χ0) is 12.3. The summed E-state index contributed by atoms with van der Waals surface area (Å²) in [5, 5.41) is 10.7. The zero-order valence-electron chi connectivity index (χ0n) is 8.97. The van der Waals surface area contributed by atoms with Crippen molar-refractivity contribution in [3.8, 4) is 0 Å². The van der Waals surface area contributed by atoms with E-state index in [9.17, 15) is 10.1 Å². The number of nitrogens with zero attached hydrogens (tertiary/aromatic N) is 1. The molecule has 4 heteroatoms. The molecule has 0 atom stereocenters. The lowest BCUT2D eigenvalue weighted by Gasteiger charge is -2.02.